The molecule has 0 saturated carbocycles. The molecule has 4 rings (SSSR count). The molecule has 0 aliphatic carbocycles. The molecule has 0 spiro atoms. The Kier molecular flexibility index (Phi) is 6.76. The summed E-state index contributed by atoms with van der Waals surface area (Å²) >= 11 is 6.05. The van der Waals surface area contributed by atoms with Gasteiger partial charge in [0, 0.05) is 23.8 Å². The number of carbonyl (C=O) groups is 1. The van der Waals surface area contributed by atoms with Gasteiger partial charge in [-0.1, -0.05) is 11.6 Å². The second-order valence-electron chi connectivity index (χ2n) is 8.53. The van der Waals surface area contributed by atoms with E-state index in [0.717, 1.165) is 37.2 Å². The van der Waals surface area contributed by atoms with Crippen LogP contribution in [0.5, 0.6) is 5.75 Å². The third kappa shape index (κ3) is 4.93. The molecule has 2 aromatic rings. The minimum atomic E-state index is -3.59. The zero-order chi connectivity index (χ0) is 22.9. The largest absolute Gasteiger partial charge is 0.492 e. The molecule has 0 aromatic heterocycles. The Morgan fingerprint density at radius 3 is 2.53 bits per heavy atom. The van der Waals surface area contributed by atoms with Gasteiger partial charge < -0.3 is 15.0 Å². The predicted molar refractivity (Wildman–Crippen MR) is 125 cm³/mol. The predicted octanol–water partition coefficient (Wildman–Crippen LogP) is 3.24. The van der Waals surface area contributed by atoms with Crippen LogP contribution < -0.4 is 10.1 Å². The number of sulfonamides is 1. The van der Waals surface area contributed by atoms with Crippen LogP contribution in [0.15, 0.2) is 47.4 Å². The number of hydrogen-bond acceptors (Lipinski definition) is 5. The monoisotopic (exact) mass is 477 g/mol. The molecule has 172 valence electrons. The Morgan fingerprint density at radius 2 is 1.84 bits per heavy atom. The number of ether oxygens (including phenoxy) is 1. The van der Waals surface area contributed by atoms with Crippen LogP contribution in [-0.4, -0.2) is 63.4 Å². The van der Waals surface area contributed by atoms with E-state index < -0.39 is 10.0 Å². The number of anilines is 1. The van der Waals surface area contributed by atoms with Crippen LogP contribution in [-0.2, 0) is 21.2 Å². The number of halogens is 1. The summed E-state index contributed by atoms with van der Waals surface area (Å²) in [5.74, 6) is 0.233. The molecule has 0 radical (unpaired) electrons. The highest BCUT2D eigenvalue weighted by atomic mass is 35.5. The van der Waals surface area contributed by atoms with Gasteiger partial charge in [-0.25, -0.2) is 8.42 Å². The number of fused-ring (bicyclic) bond motifs is 1. The molecule has 0 bridgehead atoms. The summed E-state index contributed by atoms with van der Waals surface area (Å²) in [6.07, 6.45) is 2.17. The van der Waals surface area contributed by atoms with Gasteiger partial charge in [0.2, 0.25) is 15.9 Å². The highest BCUT2D eigenvalue weighted by molar-refractivity contribution is 7.89. The summed E-state index contributed by atoms with van der Waals surface area (Å²) in [6, 6.07) is 11.7. The number of amides is 1. The molecule has 0 unspecified atom stereocenters. The van der Waals surface area contributed by atoms with E-state index in [1.807, 2.05) is 19.2 Å². The zero-order valence-corrected chi connectivity index (χ0v) is 19.8. The minimum Gasteiger partial charge on any atom is -0.492 e. The highest BCUT2D eigenvalue weighted by Crippen LogP contribution is 2.30. The normalized spacial score (nSPS) is 19.9. The number of rotatable bonds is 5. The van der Waals surface area contributed by atoms with Crippen LogP contribution in [0.25, 0.3) is 0 Å². The number of hydrogen-bond donors (Lipinski definition) is 1. The molecular weight excluding hydrogens is 450 g/mol. The maximum Gasteiger partial charge on any atom is 0.243 e. The van der Waals surface area contributed by atoms with Crippen molar-refractivity contribution in [2.75, 3.05) is 39.1 Å². The lowest BCUT2D eigenvalue weighted by molar-refractivity contribution is -0.121. The first kappa shape index (κ1) is 23.0. The smallest absolute Gasteiger partial charge is 0.243 e. The average molecular weight is 478 g/mol. The average Bonchev–Trinajstić information content (AvgIpc) is 2.79. The number of nitrogens with zero attached hydrogens (tertiary/aromatic N) is 2. The van der Waals surface area contributed by atoms with E-state index in [0.29, 0.717) is 17.1 Å². The number of carbonyl (C=O) groups excluding carboxylic acids is 1. The van der Waals surface area contributed by atoms with Crippen molar-refractivity contribution >= 4 is 33.2 Å². The van der Waals surface area contributed by atoms with Gasteiger partial charge in [-0.15, -0.1) is 0 Å². The van der Waals surface area contributed by atoms with Crippen molar-refractivity contribution in [3.8, 4) is 5.75 Å². The maximum atomic E-state index is 13.0. The first-order valence-electron chi connectivity index (χ1n) is 10.7. The first-order valence-corrected chi connectivity index (χ1v) is 12.5. The van der Waals surface area contributed by atoms with E-state index in [-0.39, 0.29) is 29.4 Å². The molecule has 1 N–H and O–H groups in total. The number of nitrogens with one attached hydrogen (secondary N) is 1. The van der Waals surface area contributed by atoms with Gasteiger partial charge in [0.1, 0.15) is 12.4 Å². The maximum absolute atomic E-state index is 13.0. The van der Waals surface area contributed by atoms with Crippen LogP contribution in [0.4, 0.5) is 5.69 Å². The summed E-state index contributed by atoms with van der Waals surface area (Å²) in [5.41, 5.74) is 1.45. The van der Waals surface area contributed by atoms with E-state index in [4.69, 9.17) is 16.3 Å². The standard InChI is InChI=1S/C23H28ClN3O4S/c1-26-11-9-20(10-12-26)27(2)32(29,30)21-6-4-19(5-7-21)25-23(28)17-13-16-14-18(24)3-8-22(16)31-15-17/h3-8,14,17,20H,9-13,15H2,1-2H3,(H,25,28)/t17-/m1/s1. The third-order valence-electron chi connectivity index (χ3n) is 6.30. The SMILES string of the molecule is CN1CCC(N(C)S(=O)(=O)c2ccc(NC(=O)[C@H]3COc4ccc(Cl)cc4C3)cc2)CC1. The molecule has 7 nitrogen and oxygen atoms in total. The lowest BCUT2D eigenvalue weighted by Gasteiger charge is -2.34. The van der Waals surface area contributed by atoms with E-state index in [2.05, 4.69) is 10.2 Å². The summed E-state index contributed by atoms with van der Waals surface area (Å²) in [4.78, 5) is 15.2. The van der Waals surface area contributed by atoms with Crippen LogP contribution in [0, 0.1) is 5.92 Å². The minimum absolute atomic E-state index is 0.00161. The van der Waals surface area contributed by atoms with Crippen molar-refractivity contribution in [2.45, 2.75) is 30.2 Å². The quantitative estimate of drug-likeness (QED) is 0.715. The van der Waals surface area contributed by atoms with E-state index in [1.165, 1.54) is 4.31 Å². The van der Waals surface area contributed by atoms with Gasteiger partial charge >= 0.3 is 0 Å². The molecule has 1 atom stereocenters. The van der Waals surface area contributed by atoms with Gasteiger partial charge in [0.05, 0.1) is 10.8 Å². The van der Waals surface area contributed by atoms with Crippen molar-refractivity contribution in [3.63, 3.8) is 0 Å². The number of benzene rings is 2. The first-order chi connectivity index (χ1) is 15.2. The molecule has 2 aromatic carbocycles. The van der Waals surface area contributed by atoms with Crippen molar-refractivity contribution < 1.29 is 17.9 Å². The fourth-order valence-electron chi connectivity index (χ4n) is 4.21. The van der Waals surface area contributed by atoms with Gasteiger partial charge in [0.25, 0.3) is 0 Å². The molecule has 1 saturated heterocycles. The van der Waals surface area contributed by atoms with Gasteiger partial charge in [-0.2, -0.15) is 4.31 Å². The molecule has 9 heteroatoms. The lowest BCUT2D eigenvalue weighted by atomic mass is 9.96. The fourth-order valence-corrected chi connectivity index (χ4v) is 5.82. The van der Waals surface area contributed by atoms with Crippen molar-refractivity contribution in [1.82, 2.24) is 9.21 Å². The van der Waals surface area contributed by atoms with Crippen molar-refractivity contribution in [1.29, 1.82) is 0 Å². The van der Waals surface area contributed by atoms with Gasteiger partial charge in [0.15, 0.2) is 0 Å². The highest BCUT2D eigenvalue weighted by Gasteiger charge is 2.30. The van der Waals surface area contributed by atoms with E-state index in [1.54, 1.807) is 37.4 Å². The summed E-state index contributed by atoms with van der Waals surface area (Å²) in [6.45, 7) is 2.06. The number of piperidine rings is 1. The molecule has 2 heterocycles. The van der Waals surface area contributed by atoms with Crippen LogP contribution >= 0.6 is 11.6 Å². The third-order valence-corrected chi connectivity index (χ3v) is 8.46. The molecular formula is C23H28ClN3O4S. The fraction of sp³-hybridized carbons (Fsp3) is 0.435. The lowest BCUT2D eigenvalue weighted by Crippen LogP contribution is -2.44. The second-order valence-corrected chi connectivity index (χ2v) is 11.0. The Balaban J connectivity index is 1.40. The van der Waals surface area contributed by atoms with Crippen LogP contribution in [0.3, 0.4) is 0 Å². The van der Waals surface area contributed by atoms with Crippen molar-refractivity contribution in [3.05, 3.63) is 53.1 Å². The number of likely N-dealkylation sites (tertiary alicyclic amines) is 1. The Morgan fingerprint density at radius 1 is 1.16 bits per heavy atom. The van der Waals surface area contributed by atoms with E-state index >= 15 is 0 Å². The van der Waals surface area contributed by atoms with Crippen LogP contribution in [0.2, 0.25) is 5.02 Å². The second kappa shape index (κ2) is 9.39. The zero-order valence-electron chi connectivity index (χ0n) is 18.3. The Labute approximate surface area is 194 Å². The summed E-state index contributed by atoms with van der Waals surface area (Å²) in [7, 11) is 0.104. The molecule has 32 heavy (non-hydrogen) atoms. The molecule has 2 aliphatic rings. The van der Waals surface area contributed by atoms with Crippen molar-refractivity contribution in [2.24, 2.45) is 5.92 Å². The van der Waals surface area contributed by atoms with Crippen LogP contribution in [0.1, 0.15) is 18.4 Å². The topological polar surface area (TPSA) is 79.0 Å². The van der Waals surface area contributed by atoms with E-state index in [9.17, 15) is 13.2 Å². The Bertz CT molecular complexity index is 1080. The summed E-state index contributed by atoms with van der Waals surface area (Å²) < 4.78 is 33.3. The molecule has 1 amide bonds. The molecule has 2 aliphatic heterocycles. The molecule has 1 fully saturated rings. The van der Waals surface area contributed by atoms with Gasteiger partial charge in [-0.3, -0.25) is 4.79 Å². The Hall–Kier alpha value is -2.13. The summed E-state index contributed by atoms with van der Waals surface area (Å²) in [5, 5.41) is 3.47. The van der Waals surface area contributed by atoms with Gasteiger partial charge in [-0.05, 0) is 87.4 Å².